The highest BCUT2D eigenvalue weighted by molar-refractivity contribution is 5.83. The number of para-hydroxylation sites is 1. The molecule has 1 aromatic heterocycles. The predicted octanol–water partition coefficient (Wildman–Crippen LogP) is 3.25. The van der Waals surface area contributed by atoms with Crippen LogP contribution in [0.5, 0.6) is 0 Å². The zero-order valence-corrected chi connectivity index (χ0v) is 13.6. The van der Waals surface area contributed by atoms with Crippen molar-refractivity contribution in [3.63, 3.8) is 0 Å². The third kappa shape index (κ3) is 3.75. The predicted molar refractivity (Wildman–Crippen MR) is 92.3 cm³/mol. The second kappa shape index (κ2) is 7.64. The fraction of sp³-hybridized carbons (Fsp3) is 0.526. The van der Waals surface area contributed by atoms with Crippen LogP contribution in [0.3, 0.4) is 0 Å². The summed E-state index contributed by atoms with van der Waals surface area (Å²) in [4.78, 5) is 17.8. The summed E-state index contributed by atoms with van der Waals surface area (Å²) in [5, 5.41) is 10.2. The number of likely N-dealkylation sites (tertiary alicyclic amines) is 1. The fourth-order valence-corrected chi connectivity index (χ4v) is 3.70. The molecule has 1 aliphatic heterocycles. The lowest BCUT2D eigenvalue weighted by Gasteiger charge is -2.24. The van der Waals surface area contributed by atoms with Gasteiger partial charge in [-0.25, -0.2) is 0 Å². The van der Waals surface area contributed by atoms with Crippen molar-refractivity contribution >= 4 is 16.8 Å². The van der Waals surface area contributed by atoms with Crippen LogP contribution in [0.1, 0.15) is 44.1 Å². The van der Waals surface area contributed by atoms with Gasteiger partial charge in [0.2, 0.25) is 5.91 Å². The molecule has 1 fully saturated rings. The van der Waals surface area contributed by atoms with Crippen molar-refractivity contribution < 1.29 is 9.90 Å². The van der Waals surface area contributed by atoms with E-state index in [1.807, 2.05) is 11.0 Å². The van der Waals surface area contributed by atoms with E-state index >= 15 is 0 Å². The number of fused-ring (bicyclic) bond motifs is 1. The average molecular weight is 314 g/mol. The van der Waals surface area contributed by atoms with Gasteiger partial charge in [0.15, 0.2) is 0 Å². The number of amides is 1. The van der Waals surface area contributed by atoms with Crippen LogP contribution in [0.15, 0.2) is 30.5 Å². The smallest absolute Gasteiger partial charge is 0.222 e. The maximum absolute atomic E-state index is 12.5. The molecule has 1 aliphatic rings. The van der Waals surface area contributed by atoms with Crippen LogP contribution >= 0.6 is 0 Å². The molecule has 4 heteroatoms. The van der Waals surface area contributed by atoms with Crippen LogP contribution in [0.2, 0.25) is 0 Å². The van der Waals surface area contributed by atoms with Crippen LogP contribution < -0.4 is 0 Å². The van der Waals surface area contributed by atoms with Crippen LogP contribution in [-0.2, 0) is 11.2 Å². The lowest BCUT2D eigenvalue weighted by atomic mass is 10.1. The molecule has 0 aliphatic carbocycles. The van der Waals surface area contributed by atoms with Crippen LogP contribution in [-0.4, -0.2) is 40.1 Å². The first-order chi connectivity index (χ1) is 11.3. The third-order valence-electron chi connectivity index (χ3n) is 4.90. The number of aromatic amines is 1. The monoisotopic (exact) mass is 314 g/mol. The molecule has 124 valence electrons. The van der Waals surface area contributed by atoms with Gasteiger partial charge in [-0.05, 0) is 50.2 Å². The Morgan fingerprint density at radius 2 is 2.17 bits per heavy atom. The summed E-state index contributed by atoms with van der Waals surface area (Å²) in [6.45, 7) is 1.11. The Morgan fingerprint density at radius 3 is 3.04 bits per heavy atom. The first kappa shape index (κ1) is 16.1. The van der Waals surface area contributed by atoms with E-state index in [2.05, 4.69) is 29.4 Å². The number of aryl methyl sites for hydroxylation is 1. The van der Waals surface area contributed by atoms with Crippen molar-refractivity contribution in [1.82, 2.24) is 9.88 Å². The summed E-state index contributed by atoms with van der Waals surface area (Å²) < 4.78 is 0. The number of carbonyl (C=O) groups excluding carboxylic acids is 1. The van der Waals surface area contributed by atoms with Crippen LogP contribution in [0.4, 0.5) is 0 Å². The summed E-state index contributed by atoms with van der Waals surface area (Å²) in [6, 6.07) is 8.66. The number of carbonyl (C=O) groups is 1. The minimum absolute atomic E-state index is 0.221. The number of H-pyrrole nitrogens is 1. The number of aliphatic hydroxyl groups excluding tert-OH is 1. The maximum Gasteiger partial charge on any atom is 0.222 e. The molecule has 1 aromatic carbocycles. The van der Waals surface area contributed by atoms with Gasteiger partial charge in [0.1, 0.15) is 0 Å². The molecule has 0 bridgehead atoms. The number of hydrogen-bond acceptors (Lipinski definition) is 2. The highest BCUT2D eigenvalue weighted by Crippen LogP contribution is 2.23. The molecule has 1 atom stereocenters. The molecule has 1 unspecified atom stereocenters. The van der Waals surface area contributed by atoms with Gasteiger partial charge in [-0.15, -0.1) is 0 Å². The highest BCUT2D eigenvalue weighted by atomic mass is 16.3. The molecular formula is C19H26N2O2. The fourth-order valence-electron chi connectivity index (χ4n) is 3.70. The van der Waals surface area contributed by atoms with E-state index in [-0.39, 0.29) is 12.5 Å². The van der Waals surface area contributed by atoms with Gasteiger partial charge in [-0.1, -0.05) is 18.2 Å². The van der Waals surface area contributed by atoms with Crippen molar-refractivity contribution in [2.75, 3.05) is 13.2 Å². The third-order valence-corrected chi connectivity index (χ3v) is 4.90. The van der Waals surface area contributed by atoms with Gasteiger partial charge in [-0.2, -0.15) is 0 Å². The number of rotatable bonds is 7. The van der Waals surface area contributed by atoms with Crippen molar-refractivity contribution in [3.05, 3.63) is 36.0 Å². The number of nitrogens with zero attached hydrogens (tertiary/aromatic N) is 1. The van der Waals surface area contributed by atoms with E-state index in [0.717, 1.165) is 50.6 Å². The quantitative estimate of drug-likeness (QED) is 0.824. The first-order valence-corrected chi connectivity index (χ1v) is 8.75. The summed E-state index contributed by atoms with van der Waals surface area (Å²) >= 11 is 0. The molecule has 0 radical (unpaired) electrons. The molecule has 2 N–H and O–H groups in total. The van der Waals surface area contributed by atoms with E-state index < -0.39 is 0 Å². The molecule has 4 nitrogen and oxygen atoms in total. The van der Waals surface area contributed by atoms with Crippen LogP contribution in [0.25, 0.3) is 10.9 Å². The molecule has 0 saturated carbocycles. The second-order valence-corrected chi connectivity index (χ2v) is 6.46. The van der Waals surface area contributed by atoms with Crippen molar-refractivity contribution in [2.45, 2.75) is 51.0 Å². The standard InChI is InChI=1S/C19H26N2O2/c22-13-5-8-16-7-4-12-21(16)19(23)11-3-6-15-14-20-18-10-2-1-9-17(15)18/h1-2,9-10,14,16,20,22H,3-8,11-13H2. The van der Waals surface area contributed by atoms with Gasteiger partial charge in [0.05, 0.1) is 0 Å². The van der Waals surface area contributed by atoms with Crippen molar-refractivity contribution in [3.8, 4) is 0 Å². The van der Waals surface area contributed by atoms with Gasteiger partial charge in [-0.3, -0.25) is 4.79 Å². The molecule has 3 rings (SSSR count). The normalized spacial score (nSPS) is 18.0. The molecule has 0 spiro atoms. The molecule has 1 amide bonds. The van der Waals surface area contributed by atoms with E-state index in [1.165, 1.54) is 10.9 Å². The number of nitrogens with one attached hydrogen (secondary N) is 1. The Bertz CT molecular complexity index is 650. The Kier molecular flexibility index (Phi) is 5.34. The molecule has 2 aromatic rings. The topological polar surface area (TPSA) is 56.3 Å². The minimum atomic E-state index is 0.221. The number of aliphatic hydroxyl groups is 1. The SMILES string of the molecule is O=C(CCCc1c[nH]c2ccccc12)N1CCCC1CCCO. The number of benzene rings is 1. The summed E-state index contributed by atoms with van der Waals surface area (Å²) in [5.41, 5.74) is 2.46. The highest BCUT2D eigenvalue weighted by Gasteiger charge is 2.27. The summed E-state index contributed by atoms with van der Waals surface area (Å²) in [6.07, 6.45) is 8.44. The van der Waals surface area contributed by atoms with Gasteiger partial charge >= 0.3 is 0 Å². The maximum atomic E-state index is 12.5. The average Bonchev–Trinajstić information content (AvgIpc) is 3.20. The van der Waals surface area contributed by atoms with Crippen molar-refractivity contribution in [2.24, 2.45) is 0 Å². The Labute approximate surface area is 137 Å². The van der Waals surface area contributed by atoms with E-state index in [1.54, 1.807) is 0 Å². The Hall–Kier alpha value is -1.81. The zero-order chi connectivity index (χ0) is 16.1. The molecule has 2 heterocycles. The molecule has 1 saturated heterocycles. The zero-order valence-electron chi connectivity index (χ0n) is 13.6. The van der Waals surface area contributed by atoms with E-state index in [0.29, 0.717) is 12.5 Å². The van der Waals surface area contributed by atoms with Crippen molar-refractivity contribution in [1.29, 1.82) is 0 Å². The minimum Gasteiger partial charge on any atom is -0.396 e. The van der Waals surface area contributed by atoms with E-state index in [9.17, 15) is 4.79 Å². The number of hydrogen-bond donors (Lipinski definition) is 2. The lowest BCUT2D eigenvalue weighted by molar-refractivity contribution is -0.132. The summed E-state index contributed by atoms with van der Waals surface area (Å²) in [5.74, 6) is 0.283. The lowest BCUT2D eigenvalue weighted by Crippen LogP contribution is -2.35. The van der Waals surface area contributed by atoms with Gasteiger partial charge in [0, 0.05) is 42.7 Å². The Morgan fingerprint density at radius 1 is 1.30 bits per heavy atom. The first-order valence-electron chi connectivity index (χ1n) is 8.75. The molecule has 23 heavy (non-hydrogen) atoms. The summed E-state index contributed by atoms with van der Waals surface area (Å²) in [7, 11) is 0. The second-order valence-electron chi connectivity index (χ2n) is 6.46. The van der Waals surface area contributed by atoms with Gasteiger partial charge < -0.3 is 15.0 Å². The van der Waals surface area contributed by atoms with Gasteiger partial charge in [0.25, 0.3) is 0 Å². The van der Waals surface area contributed by atoms with E-state index in [4.69, 9.17) is 5.11 Å². The number of aromatic nitrogens is 1. The largest absolute Gasteiger partial charge is 0.396 e. The Balaban J connectivity index is 1.51. The van der Waals surface area contributed by atoms with Crippen LogP contribution in [0, 0.1) is 0 Å². The molecular weight excluding hydrogens is 288 g/mol.